The second-order valence-electron chi connectivity index (χ2n) is 4.68. The van der Waals surface area contributed by atoms with E-state index < -0.39 is 0 Å². The zero-order chi connectivity index (χ0) is 14.4. The Morgan fingerprint density at radius 2 is 1.84 bits per heavy atom. The van der Waals surface area contributed by atoms with Crippen molar-refractivity contribution in [2.24, 2.45) is 4.99 Å². The molecule has 1 N–H and O–H groups in total. The van der Waals surface area contributed by atoms with Gasteiger partial charge in [0, 0.05) is 40.8 Å². The second-order valence-corrected chi connectivity index (χ2v) is 4.68. The van der Waals surface area contributed by atoms with E-state index in [-0.39, 0.29) is 5.91 Å². The third-order valence-electron chi connectivity index (χ3n) is 2.62. The Labute approximate surface area is 114 Å². The number of guanidine groups is 1. The van der Waals surface area contributed by atoms with Crippen LogP contribution in [0.4, 0.5) is 0 Å². The van der Waals surface area contributed by atoms with E-state index in [4.69, 9.17) is 0 Å². The van der Waals surface area contributed by atoms with Gasteiger partial charge >= 0.3 is 0 Å². The first-order valence-corrected chi connectivity index (χ1v) is 6.15. The normalized spacial score (nSPS) is 9.74. The summed E-state index contributed by atoms with van der Waals surface area (Å²) in [5.41, 5.74) is 1.67. The Morgan fingerprint density at radius 3 is 2.37 bits per heavy atom. The molecule has 0 aromatic heterocycles. The molecule has 0 aliphatic heterocycles. The summed E-state index contributed by atoms with van der Waals surface area (Å²) in [4.78, 5) is 20.0. The highest BCUT2D eigenvalue weighted by molar-refractivity contribution is 5.94. The summed E-state index contributed by atoms with van der Waals surface area (Å²) in [6.07, 6.45) is 0. The molecule has 0 fully saturated rings. The zero-order valence-electron chi connectivity index (χ0n) is 12.3. The van der Waals surface area contributed by atoms with E-state index in [1.165, 1.54) is 0 Å². The fourth-order valence-corrected chi connectivity index (χ4v) is 1.80. The summed E-state index contributed by atoms with van der Waals surface area (Å²) in [6, 6.07) is 7.51. The number of carbonyl (C=O) groups excluding carboxylic acids is 1. The van der Waals surface area contributed by atoms with Gasteiger partial charge in [0.2, 0.25) is 0 Å². The van der Waals surface area contributed by atoms with Gasteiger partial charge in [0.05, 0.1) is 6.54 Å². The van der Waals surface area contributed by atoms with Crippen molar-refractivity contribution in [2.45, 2.75) is 6.54 Å². The average Bonchev–Trinajstić information content (AvgIpc) is 2.37. The first-order valence-electron chi connectivity index (χ1n) is 6.15. The maximum Gasteiger partial charge on any atom is 0.251 e. The van der Waals surface area contributed by atoms with Crippen LogP contribution < -0.4 is 5.32 Å². The van der Waals surface area contributed by atoms with Crippen LogP contribution >= 0.6 is 0 Å². The molecule has 1 rings (SSSR count). The van der Waals surface area contributed by atoms with Crippen LogP contribution in [0, 0.1) is 0 Å². The van der Waals surface area contributed by atoms with Crippen molar-refractivity contribution < 1.29 is 4.79 Å². The van der Waals surface area contributed by atoms with Crippen LogP contribution in [0.25, 0.3) is 0 Å². The van der Waals surface area contributed by atoms with Crippen molar-refractivity contribution >= 4 is 11.9 Å². The monoisotopic (exact) mass is 262 g/mol. The van der Waals surface area contributed by atoms with E-state index in [1.54, 1.807) is 13.1 Å². The van der Waals surface area contributed by atoms with Gasteiger partial charge in [-0.2, -0.15) is 0 Å². The summed E-state index contributed by atoms with van der Waals surface area (Å²) in [5.74, 6) is 0.816. The van der Waals surface area contributed by atoms with Crippen molar-refractivity contribution in [1.82, 2.24) is 15.1 Å². The summed E-state index contributed by atoms with van der Waals surface area (Å²) in [7, 11) is 9.46. The average molecular weight is 262 g/mol. The van der Waals surface area contributed by atoms with Crippen molar-refractivity contribution in [2.75, 3.05) is 35.2 Å². The van der Waals surface area contributed by atoms with Gasteiger partial charge in [-0.3, -0.25) is 4.79 Å². The van der Waals surface area contributed by atoms with Crippen LogP contribution in [-0.2, 0) is 6.54 Å². The molecule has 0 heterocycles. The quantitative estimate of drug-likeness (QED) is 0.653. The lowest BCUT2D eigenvalue weighted by Gasteiger charge is -2.22. The number of aliphatic imine (C=N–C) groups is 1. The summed E-state index contributed by atoms with van der Waals surface area (Å²) < 4.78 is 0. The Morgan fingerprint density at radius 1 is 1.21 bits per heavy atom. The van der Waals surface area contributed by atoms with Crippen molar-refractivity contribution in [3.63, 3.8) is 0 Å². The van der Waals surface area contributed by atoms with E-state index in [0.29, 0.717) is 12.1 Å². The highest BCUT2D eigenvalue weighted by Crippen LogP contribution is 2.07. The van der Waals surface area contributed by atoms with E-state index in [1.807, 2.05) is 56.2 Å². The molecule has 0 saturated heterocycles. The number of hydrogen-bond donors (Lipinski definition) is 1. The topological polar surface area (TPSA) is 47.9 Å². The summed E-state index contributed by atoms with van der Waals surface area (Å²) in [5, 5.41) is 2.62. The number of rotatable bonds is 3. The molecule has 5 nitrogen and oxygen atoms in total. The van der Waals surface area contributed by atoms with Crippen molar-refractivity contribution in [3.8, 4) is 0 Å². The standard InChI is InChI=1S/C14H22N4O/c1-15-13(19)12-8-6-7-11(9-12)10-16-14(17(2)3)18(4)5/h6-9H,10H2,1-5H3,(H,15,19). The summed E-state index contributed by atoms with van der Waals surface area (Å²) >= 11 is 0. The van der Waals surface area contributed by atoms with Gasteiger partial charge in [-0.05, 0) is 17.7 Å². The van der Waals surface area contributed by atoms with Gasteiger partial charge in [0.1, 0.15) is 0 Å². The van der Waals surface area contributed by atoms with E-state index in [9.17, 15) is 4.79 Å². The minimum atomic E-state index is -0.0775. The molecule has 0 unspecified atom stereocenters. The largest absolute Gasteiger partial charge is 0.355 e. The number of hydrogen-bond acceptors (Lipinski definition) is 2. The third-order valence-corrected chi connectivity index (χ3v) is 2.62. The maximum absolute atomic E-state index is 11.6. The third kappa shape index (κ3) is 4.28. The molecule has 0 aliphatic carbocycles. The Hall–Kier alpha value is -2.04. The molecule has 0 atom stereocenters. The van der Waals surface area contributed by atoms with E-state index in [2.05, 4.69) is 10.3 Å². The Balaban J connectivity index is 2.88. The van der Waals surface area contributed by atoms with Crippen LogP contribution in [0.3, 0.4) is 0 Å². The molecule has 5 heteroatoms. The highest BCUT2D eigenvalue weighted by Gasteiger charge is 2.06. The lowest BCUT2D eigenvalue weighted by molar-refractivity contribution is 0.0963. The van der Waals surface area contributed by atoms with Gasteiger partial charge < -0.3 is 15.1 Å². The number of nitrogens with one attached hydrogen (secondary N) is 1. The molecule has 19 heavy (non-hydrogen) atoms. The predicted octanol–water partition coefficient (Wildman–Crippen LogP) is 1.03. The fourth-order valence-electron chi connectivity index (χ4n) is 1.80. The Kier molecular flexibility index (Phi) is 5.36. The van der Waals surface area contributed by atoms with Crippen LogP contribution in [0.1, 0.15) is 15.9 Å². The van der Waals surface area contributed by atoms with Crippen LogP contribution in [0.2, 0.25) is 0 Å². The molecular weight excluding hydrogens is 240 g/mol. The molecule has 0 spiro atoms. The van der Waals surface area contributed by atoms with Crippen LogP contribution in [0.15, 0.2) is 29.3 Å². The molecule has 104 valence electrons. The van der Waals surface area contributed by atoms with Crippen molar-refractivity contribution in [3.05, 3.63) is 35.4 Å². The zero-order valence-corrected chi connectivity index (χ0v) is 12.3. The van der Waals surface area contributed by atoms with Gasteiger partial charge in [-0.1, -0.05) is 12.1 Å². The first kappa shape index (κ1) is 15.0. The molecule has 0 saturated carbocycles. The van der Waals surface area contributed by atoms with Crippen LogP contribution in [0.5, 0.6) is 0 Å². The van der Waals surface area contributed by atoms with Gasteiger partial charge in [0.25, 0.3) is 5.91 Å². The predicted molar refractivity (Wildman–Crippen MR) is 78.3 cm³/mol. The molecule has 1 aromatic rings. The number of benzene rings is 1. The fraction of sp³-hybridized carbons (Fsp3) is 0.429. The highest BCUT2D eigenvalue weighted by atomic mass is 16.1. The second kappa shape index (κ2) is 6.78. The molecule has 0 radical (unpaired) electrons. The number of nitrogens with zero attached hydrogens (tertiary/aromatic N) is 3. The van der Waals surface area contributed by atoms with E-state index >= 15 is 0 Å². The van der Waals surface area contributed by atoms with Gasteiger partial charge in [0.15, 0.2) is 5.96 Å². The molecule has 1 aromatic carbocycles. The van der Waals surface area contributed by atoms with E-state index in [0.717, 1.165) is 11.5 Å². The lowest BCUT2D eigenvalue weighted by Crippen LogP contribution is -2.35. The van der Waals surface area contributed by atoms with Crippen LogP contribution in [-0.4, -0.2) is 56.9 Å². The minimum absolute atomic E-state index is 0.0775. The van der Waals surface area contributed by atoms with Gasteiger partial charge in [-0.15, -0.1) is 0 Å². The van der Waals surface area contributed by atoms with Crippen molar-refractivity contribution in [1.29, 1.82) is 0 Å². The molecular formula is C14H22N4O. The molecule has 1 amide bonds. The summed E-state index contributed by atoms with van der Waals surface area (Å²) in [6.45, 7) is 0.552. The molecule has 0 aliphatic rings. The number of amides is 1. The first-order chi connectivity index (χ1) is 8.95. The SMILES string of the molecule is CNC(=O)c1cccc(CN=C(N(C)C)N(C)C)c1. The van der Waals surface area contributed by atoms with Gasteiger partial charge in [-0.25, -0.2) is 4.99 Å². The lowest BCUT2D eigenvalue weighted by atomic mass is 10.1. The number of carbonyl (C=O) groups is 1. The maximum atomic E-state index is 11.6. The smallest absolute Gasteiger partial charge is 0.251 e. The molecule has 0 bridgehead atoms. The minimum Gasteiger partial charge on any atom is -0.355 e. The Bertz CT molecular complexity index is 456.